The van der Waals surface area contributed by atoms with Crippen LogP contribution in [0.3, 0.4) is 0 Å². The molecule has 0 fully saturated rings. The summed E-state index contributed by atoms with van der Waals surface area (Å²) in [6.45, 7) is 0.0912. The summed E-state index contributed by atoms with van der Waals surface area (Å²) >= 11 is 0. The third-order valence-electron chi connectivity index (χ3n) is 2.99. The van der Waals surface area contributed by atoms with Crippen LogP contribution in [0.1, 0.15) is 17.2 Å². The van der Waals surface area contributed by atoms with Crippen LogP contribution < -0.4 is 5.73 Å². The highest BCUT2D eigenvalue weighted by atomic mass is 16.5. The van der Waals surface area contributed by atoms with Gasteiger partial charge >= 0.3 is 6.09 Å². The van der Waals surface area contributed by atoms with Gasteiger partial charge in [-0.1, -0.05) is 65.8 Å². The van der Waals surface area contributed by atoms with Gasteiger partial charge < -0.3 is 10.5 Å². The first-order chi connectivity index (χ1) is 11.2. The largest absolute Gasteiger partial charge is 0.443 e. The maximum Gasteiger partial charge on any atom is 0.435 e. The zero-order valence-electron chi connectivity index (χ0n) is 12.2. The molecule has 1 unspecified atom stereocenters. The van der Waals surface area contributed by atoms with Gasteiger partial charge in [0.25, 0.3) is 0 Å². The fourth-order valence-electron chi connectivity index (χ4n) is 1.90. The second-order valence-electron chi connectivity index (χ2n) is 4.59. The SMILES string of the molecule is [N-]=[N+]=NC(C(N)=NC(=O)OCc1ccccc1)c1ccccc1. The average molecular weight is 309 g/mol. The van der Waals surface area contributed by atoms with Crippen LogP contribution in [0.2, 0.25) is 0 Å². The number of azide groups is 1. The van der Waals surface area contributed by atoms with Crippen molar-refractivity contribution in [1.82, 2.24) is 0 Å². The van der Waals surface area contributed by atoms with Gasteiger partial charge in [-0.3, -0.25) is 0 Å². The minimum Gasteiger partial charge on any atom is -0.443 e. The number of amidine groups is 1. The van der Waals surface area contributed by atoms with Crippen LogP contribution in [0.15, 0.2) is 70.8 Å². The molecule has 0 aliphatic carbocycles. The Morgan fingerprint density at radius 1 is 1.13 bits per heavy atom. The van der Waals surface area contributed by atoms with Crippen molar-refractivity contribution in [2.24, 2.45) is 15.8 Å². The van der Waals surface area contributed by atoms with Crippen LogP contribution in [0.5, 0.6) is 0 Å². The van der Waals surface area contributed by atoms with Gasteiger partial charge in [-0.05, 0) is 16.7 Å². The highest BCUT2D eigenvalue weighted by Gasteiger charge is 2.15. The minimum absolute atomic E-state index is 0.0912. The Kier molecular flexibility index (Phi) is 5.74. The number of nitrogens with zero attached hydrogens (tertiary/aromatic N) is 4. The fraction of sp³-hybridized carbons (Fsp3) is 0.125. The van der Waals surface area contributed by atoms with Gasteiger partial charge in [0.1, 0.15) is 18.5 Å². The summed E-state index contributed by atoms with van der Waals surface area (Å²) in [5.41, 5.74) is 15.9. The predicted octanol–water partition coefficient (Wildman–Crippen LogP) is 3.73. The summed E-state index contributed by atoms with van der Waals surface area (Å²) in [7, 11) is 0. The molecule has 0 heterocycles. The molecule has 0 aliphatic rings. The van der Waals surface area contributed by atoms with Crippen LogP contribution in [-0.4, -0.2) is 11.9 Å². The summed E-state index contributed by atoms with van der Waals surface area (Å²) < 4.78 is 5.02. The van der Waals surface area contributed by atoms with Crippen molar-refractivity contribution in [3.63, 3.8) is 0 Å². The topological polar surface area (TPSA) is 113 Å². The number of hydrogen-bond acceptors (Lipinski definition) is 3. The summed E-state index contributed by atoms with van der Waals surface area (Å²) in [6, 6.07) is 17.2. The Bertz CT molecular complexity index is 725. The monoisotopic (exact) mass is 309 g/mol. The lowest BCUT2D eigenvalue weighted by Crippen LogP contribution is -2.22. The van der Waals surface area contributed by atoms with Gasteiger partial charge in [-0.25, -0.2) is 4.79 Å². The molecule has 0 bridgehead atoms. The van der Waals surface area contributed by atoms with E-state index in [1.165, 1.54) is 0 Å². The van der Waals surface area contributed by atoms with E-state index in [-0.39, 0.29) is 12.4 Å². The number of carbonyl (C=O) groups is 1. The van der Waals surface area contributed by atoms with Crippen LogP contribution in [0.4, 0.5) is 4.79 Å². The van der Waals surface area contributed by atoms with Gasteiger partial charge in [0.15, 0.2) is 0 Å². The third-order valence-corrected chi connectivity index (χ3v) is 2.99. The van der Waals surface area contributed by atoms with Crippen LogP contribution in [0, 0.1) is 0 Å². The molecule has 116 valence electrons. The van der Waals surface area contributed by atoms with Crippen molar-refractivity contribution < 1.29 is 9.53 Å². The first-order valence-electron chi connectivity index (χ1n) is 6.84. The molecule has 23 heavy (non-hydrogen) atoms. The maximum atomic E-state index is 11.7. The summed E-state index contributed by atoms with van der Waals surface area (Å²) in [6.07, 6.45) is -0.833. The smallest absolute Gasteiger partial charge is 0.435 e. The molecule has 7 heteroatoms. The van der Waals surface area contributed by atoms with Gasteiger partial charge in [0.05, 0.1) is 0 Å². The predicted molar refractivity (Wildman–Crippen MR) is 86.6 cm³/mol. The van der Waals surface area contributed by atoms with Crippen molar-refractivity contribution in [3.05, 3.63) is 82.2 Å². The molecule has 1 amide bonds. The quantitative estimate of drug-likeness (QED) is 0.298. The van der Waals surface area contributed by atoms with Gasteiger partial charge in [0, 0.05) is 4.91 Å². The molecule has 0 aliphatic heterocycles. The summed E-state index contributed by atoms with van der Waals surface area (Å²) in [5, 5.41) is 3.58. The van der Waals surface area contributed by atoms with Gasteiger partial charge in [-0.2, -0.15) is 4.99 Å². The molecular weight excluding hydrogens is 294 g/mol. The standard InChI is InChI=1S/C16H15N5O2/c17-15(14(20-21-18)13-9-5-2-6-10-13)19-16(22)23-11-12-7-3-1-4-8-12/h1-10,14H,11H2,(H2,17,19,22). The molecule has 2 aromatic carbocycles. The van der Waals surface area contributed by atoms with E-state index in [0.717, 1.165) is 5.56 Å². The molecule has 0 saturated heterocycles. The molecule has 1 atom stereocenters. The maximum absolute atomic E-state index is 11.7. The number of ether oxygens (including phenoxy) is 1. The normalized spacial score (nSPS) is 12.1. The number of rotatable bonds is 5. The second-order valence-corrected chi connectivity index (χ2v) is 4.59. The molecule has 2 aromatic rings. The van der Waals surface area contributed by atoms with E-state index in [2.05, 4.69) is 15.0 Å². The Hall–Kier alpha value is -3.31. The van der Waals surface area contributed by atoms with Crippen molar-refractivity contribution in [2.75, 3.05) is 0 Å². The number of nitrogens with two attached hydrogens (primary N) is 1. The molecule has 0 aromatic heterocycles. The lowest BCUT2D eigenvalue weighted by molar-refractivity contribution is 0.150. The van der Waals surface area contributed by atoms with Crippen molar-refractivity contribution in [3.8, 4) is 0 Å². The molecule has 2 rings (SSSR count). The highest BCUT2D eigenvalue weighted by Crippen LogP contribution is 2.17. The number of amides is 1. The summed E-state index contributed by atoms with van der Waals surface area (Å²) in [5.74, 6) is -0.118. The zero-order valence-corrected chi connectivity index (χ0v) is 12.2. The van der Waals surface area contributed by atoms with E-state index in [1.54, 1.807) is 24.3 Å². The number of hydrogen-bond donors (Lipinski definition) is 1. The van der Waals surface area contributed by atoms with Crippen LogP contribution in [0.25, 0.3) is 10.4 Å². The molecule has 2 N–H and O–H groups in total. The van der Waals surface area contributed by atoms with Crippen molar-refractivity contribution in [2.45, 2.75) is 12.6 Å². The average Bonchev–Trinajstić information content (AvgIpc) is 2.59. The summed E-state index contributed by atoms with van der Waals surface area (Å²) in [4.78, 5) is 18.1. The highest BCUT2D eigenvalue weighted by molar-refractivity contribution is 5.94. The van der Waals surface area contributed by atoms with E-state index in [9.17, 15) is 4.79 Å². The van der Waals surface area contributed by atoms with Gasteiger partial charge in [-0.15, -0.1) is 0 Å². The lowest BCUT2D eigenvalue weighted by atomic mass is 10.1. The molecule has 0 radical (unpaired) electrons. The Morgan fingerprint density at radius 3 is 2.35 bits per heavy atom. The van der Waals surface area contributed by atoms with Crippen LogP contribution >= 0.6 is 0 Å². The first-order valence-corrected chi connectivity index (χ1v) is 6.84. The van der Waals surface area contributed by atoms with Crippen LogP contribution in [-0.2, 0) is 11.3 Å². The first kappa shape index (κ1) is 16.1. The minimum atomic E-state index is -0.856. The molecular formula is C16H15N5O2. The molecule has 0 spiro atoms. The number of benzene rings is 2. The van der Waals surface area contributed by atoms with E-state index in [0.29, 0.717) is 5.56 Å². The fourth-order valence-corrected chi connectivity index (χ4v) is 1.90. The zero-order chi connectivity index (χ0) is 16.5. The number of carbonyl (C=O) groups excluding carboxylic acids is 1. The Balaban J connectivity index is 2.06. The molecule has 7 nitrogen and oxygen atoms in total. The lowest BCUT2D eigenvalue weighted by Gasteiger charge is -2.10. The van der Waals surface area contributed by atoms with E-state index in [1.807, 2.05) is 36.4 Å². The second kappa shape index (κ2) is 8.21. The van der Waals surface area contributed by atoms with Crippen molar-refractivity contribution in [1.29, 1.82) is 0 Å². The van der Waals surface area contributed by atoms with E-state index < -0.39 is 12.1 Å². The molecule has 0 saturated carbocycles. The van der Waals surface area contributed by atoms with E-state index in [4.69, 9.17) is 16.0 Å². The number of aliphatic imine (C=N–C) groups is 1. The third kappa shape index (κ3) is 4.87. The Morgan fingerprint density at radius 2 is 1.74 bits per heavy atom. The van der Waals surface area contributed by atoms with E-state index >= 15 is 0 Å². The van der Waals surface area contributed by atoms with Gasteiger partial charge in [0.2, 0.25) is 0 Å². The van der Waals surface area contributed by atoms with Crippen molar-refractivity contribution >= 4 is 11.9 Å². The Labute approximate surface area is 133 Å².